The van der Waals surface area contributed by atoms with E-state index in [0.29, 0.717) is 5.56 Å². The van der Waals surface area contributed by atoms with Crippen LogP contribution in [0.2, 0.25) is 0 Å². The average Bonchev–Trinajstić information content (AvgIpc) is 2.18. The van der Waals surface area contributed by atoms with Crippen LogP contribution >= 0.6 is 23.4 Å². The van der Waals surface area contributed by atoms with Gasteiger partial charge in [0, 0.05) is 5.56 Å². The second kappa shape index (κ2) is 5.30. The maximum absolute atomic E-state index is 11.6. The predicted octanol–water partition coefficient (Wildman–Crippen LogP) is 3.19. The number of benzene rings is 1. The minimum Gasteiger partial charge on any atom is -0.292 e. The molecule has 0 N–H and O–H groups in total. The summed E-state index contributed by atoms with van der Waals surface area (Å²) in [4.78, 5) is 11.6. The summed E-state index contributed by atoms with van der Waals surface area (Å²) < 4.78 is -0.451. The number of hydrogen-bond donors (Lipinski definition) is 0. The topological polar surface area (TPSA) is 17.1 Å². The Bertz CT molecular complexity index is 274. The molecular weight excluding hydrogens is 204 g/mol. The fourth-order valence-electron chi connectivity index (χ4n) is 0.955. The number of thioether (sulfide) groups is 1. The van der Waals surface area contributed by atoms with Crippen LogP contribution in [0.25, 0.3) is 0 Å². The first-order chi connectivity index (χ1) is 6.25. The summed E-state index contributed by atoms with van der Waals surface area (Å²) in [5.74, 6) is 0.848. The highest BCUT2D eigenvalue weighted by atomic mass is 35.5. The van der Waals surface area contributed by atoms with Crippen LogP contribution in [0.5, 0.6) is 0 Å². The maximum Gasteiger partial charge on any atom is 0.190 e. The van der Waals surface area contributed by atoms with Gasteiger partial charge in [-0.15, -0.1) is 23.4 Å². The van der Waals surface area contributed by atoms with Gasteiger partial charge >= 0.3 is 0 Å². The zero-order chi connectivity index (χ0) is 9.68. The third kappa shape index (κ3) is 3.05. The van der Waals surface area contributed by atoms with Crippen LogP contribution in [-0.4, -0.2) is 16.2 Å². The number of carbonyl (C=O) groups is 1. The van der Waals surface area contributed by atoms with Gasteiger partial charge in [0.15, 0.2) is 5.78 Å². The van der Waals surface area contributed by atoms with Crippen molar-refractivity contribution in [2.75, 3.05) is 5.75 Å². The van der Waals surface area contributed by atoms with E-state index in [1.807, 2.05) is 25.1 Å². The molecule has 0 bridgehead atoms. The van der Waals surface area contributed by atoms with Crippen LogP contribution in [-0.2, 0) is 0 Å². The van der Waals surface area contributed by atoms with Gasteiger partial charge in [-0.05, 0) is 5.75 Å². The minimum absolute atomic E-state index is 0.00545. The van der Waals surface area contributed by atoms with Gasteiger partial charge in [0.25, 0.3) is 0 Å². The third-order valence-electron chi connectivity index (χ3n) is 1.58. The third-order valence-corrected chi connectivity index (χ3v) is 2.99. The normalized spacial score (nSPS) is 12.5. The Morgan fingerprint density at radius 2 is 2.08 bits per heavy atom. The molecule has 1 aromatic rings. The Kier molecular flexibility index (Phi) is 4.33. The number of alkyl halides is 1. The molecule has 1 rings (SSSR count). The first kappa shape index (κ1) is 10.6. The molecule has 0 heterocycles. The first-order valence-electron chi connectivity index (χ1n) is 4.10. The molecule has 70 valence electrons. The van der Waals surface area contributed by atoms with Gasteiger partial charge in [0.05, 0.1) is 0 Å². The Balaban J connectivity index is 2.68. The van der Waals surface area contributed by atoms with Crippen LogP contribution in [0.4, 0.5) is 0 Å². The number of hydrogen-bond acceptors (Lipinski definition) is 2. The number of carbonyl (C=O) groups excluding carboxylic acids is 1. The quantitative estimate of drug-likeness (QED) is 0.566. The van der Waals surface area contributed by atoms with Gasteiger partial charge in [0.1, 0.15) is 4.71 Å². The van der Waals surface area contributed by atoms with Crippen molar-refractivity contribution in [3.05, 3.63) is 35.9 Å². The lowest BCUT2D eigenvalue weighted by Gasteiger charge is -2.05. The van der Waals surface area contributed by atoms with Crippen molar-refractivity contribution >= 4 is 29.1 Å². The zero-order valence-corrected chi connectivity index (χ0v) is 8.94. The first-order valence-corrected chi connectivity index (χ1v) is 5.59. The average molecular weight is 215 g/mol. The van der Waals surface area contributed by atoms with Gasteiger partial charge in [-0.1, -0.05) is 37.3 Å². The maximum atomic E-state index is 11.6. The predicted molar refractivity (Wildman–Crippen MR) is 58.5 cm³/mol. The summed E-state index contributed by atoms with van der Waals surface area (Å²) in [5.41, 5.74) is 0.684. The number of rotatable bonds is 4. The van der Waals surface area contributed by atoms with Gasteiger partial charge in [-0.3, -0.25) is 4.79 Å². The molecule has 3 heteroatoms. The molecule has 0 fully saturated rings. The number of Topliss-reactive ketones (excluding diaryl/α,β-unsaturated/α-hetero) is 1. The molecule has 0 spiro atoms. The van der Waals surface area contributed by atoms with E-state index in [1.165, 1.54) is 11.8 Å². The van der Waals surface area contributed by atoms with Crippen molar-refractivity contribution in [2.45, 2.75) is 11.6 Å². The molecule has 1 atom stereocenters. The fraction of sp³-hybridized carbons (Fsp3) is 0.300. The Hall–Kier alpha value is -0.470. The van der Waals surface area contributed by atoms with Gasteiger partial charge < -0.3 is 0 Å². The second-order valence-electron chi connectivity index (χ2n) is 2.50. The van der Waals surface area contributed by atoms with E-state index in [1.54, 1.807) is 12.1 Å². The van der Waals surface area contributed by atoms with Crippen molar-refractivity contribution < 1.29 is 4.79 Å². The molecule has 13 heavy (non-hydrogen) atoms. The van der Waals surface area contributed by atoms with E-state index in [4.69, 9.17) is 11.6 Å². The van der Waals surface area contributed by atoms with Gasteiger partial charge in [-0.2, -0.15) is 0 Å². The summed E-state index contributed by atoms with van der Waals surface area (Å²) in [5, 5.41) is 0. The van der Waals surface area contributed by atoms with Crippen molar-refractivity contribution in [3.63, 3.8) is 0 Å². The van der Waals surface area contributed by atoms with E-state index in [0.717, 1.165) is 5.75 Å². The molecule has 0 aliphatic rings. The van der Waals surface area contributed by atoms with E-state index < -0.39 is 4.71 Å². The lowest BCUT2D eigenvalue weighted by molar-refractivity contribution is 0.101. The molecule has 0 radical (unpaired) electrons. The largest absolute Gasteiger partial charge is 0.292 e. The van der Waals surface area contributed by atoms with Crippen molar-refractivity contribution in [3.8, 4) is 0 Å². The molecule has 0 aliphatic carbocycles. The smallest absolute Gasteiger partial charge is 0.190 e. The van der Waals surface area contributed by atoms with Crippen LogP contribution < -0.4 is 0 Å². The molecule has 0 unspecified atom stereocenters. The van der Waals surface area contributed by atoms with E-state index >= 15 is 0 Å². The van der Waals surface area contributed by atoms with Crippen LogP contribution in [0, 0.1) is 0 Å². The van der Waals surface area contributed by atoms with E-state index in [-0.39, 0.29) is 5.78 Å². The minimum atomic E-state index is -0.451. The summed E-state index contributed by atoms with van der Waals surface area (Å²) in [6.45, 7) is 1.98. The summed E-state index contributed by atoms with van der Waals surface area (Å²) in [6, 6.07) is 9.13. The zero-order valence-electron chi connectivity index (χ0n) is 7.37. The standard InChI is InChI=1S/C10H11ClOS/c1-2-13-10(11)9(12)8-6-4-3-5-7-8/h3-7,10H,2H2,1H3/t10-/m1/s1. The number of halogens is 1. The lowest BCUT2D eigenvalue weighted by atomic mass is 10.1. The van der Waals surface area contributed by atoms with E-state index in [9.17, 15) is 4.79 Å². The van der Waals surface area contributed by atoms with Gasteiger partial charge in [0.2, 0.25) is 0 Å². The highest BCUT2D eigenvalue weighted by Crippen LogP contribution is 2.19. The van der Waals surface area contributed by atoms with E-state index in [2.05, 4.69) is 0 Å². The SMILES string of the molecule is CCS[C@@H](Cl)C(=O)c1ccccc1. The highest BCUT2D eigenvalue weighted by molar-refractivity contribution is 8.01. The molecule has 0 aliphatic heterocycles. The van der Waals surface area contributed by atoms with Gasteiger partial charge in [-0.25, -0.2) is 0 Å². The second-order valence-corrected chi connectivity index (χ2v) is 4.58. The molecule has 0 saturated heterocycles. The van der Waals surface area contributed by atoms with Crippen LogP contribution in [0.1, 0.15) is 17.3 Å². The molecule has 0 amide bonds. The van der Waals surface area contributed by atoms with Crippen molar-refractivity contribution in [2.24, 2.45) is 0 Å². The van der Waals surface area contributed by atoms with Crippen molar-refractivity contribution in [1.29, 1.82) is 0 Å². The van der Waals surface area contributed by atoms with Crippen LogP contribution in [0.3, 0.4) is 0 Å². The fourth-order valence-corrected chi connectivity index (χ4v) is 2.04. The molecule has 1 aromatic carbocycles. The molecule has 0 aromatic heterocycles. The molecular formula is C10H11ClOS. The number of ketones is 1. The molecule has 0 saturated carbocycles. The monoisotopic (exact) mass is 214 g/mol. The Morgan fingerprint density at radius 3 is 2.62 bits per heavy atom. The highest BCUT2D eigenvalue weighted by Gasteiger charge is 2.15. The summed E-state index contributed by atoms with van der Waals surface area (Å²) >= 11 is 7.33. The Labute approximate surface area is 87.5 Å². The molecule has 1 nitrogen and oxygen atoms in total. The lowest BCUT2D eigenvalue weighted by Crippen LogP contribution is -2.10. The summed E-state index contributed by atoms with van der Waals surface area (Å²) in [7, 11) is 0. The summed E-state index contributed by atoms with van der Waals surface area (Å²) in [6.07, 6.45) is 0. The van der Waals surface area contributed by atoms with Crippen molar-refractivity contribution in [1.82, 2.24) is 0 Å². The van der Waals surface area contributed by atoms with Crippen LogP contribution in [0.15, 0.2) is 30.3 Å². The Morgan fingerprint density at radius 1 is 1.46 bits per heavy atom.